The summed E-state index contributed by atoms with van der Waals surface area (Å²) in [6, 6.07) is 12.8. The van der Waals surface area contributed by atoms with E-state index in [0.717, 1.165) is 0 Å². The van der Waals surface area contributed by atoms with Crippen LogP contribution in [0.3, 0.4) is 0 Å². The van der Waals surface area contributed by atoms with Crippen molar-refractivity contribution in [3.63, 3.8) is 0 Å². The van der Waals surface area contributed by atoms with Crippen LogP contribution in [-0.4, -0.2) is 0 Å². The van der Waals surface area contributed by atoms with E-state index in [2.05, 4.69) is 54.6 Å². The molecule has 0 saturated heterocycles. The normalized spacial score (nSPS) is 20.0. The number of benzene rings is 2. The van der Waals surface area contributed by atoms with Crippen LogP contribution in [-0.2, 0) is 4.74 Å². The fourth-order valence-electron chi connectivity index (χ4n) is 2.74. The summed E-state index contributed by atoms with van der Waals surface area (Å²) in [5.74, 6) is 0. The highest BCUT2D eigenvalue weighted by atomic mass is 16.5. The van der Waals surface area contributed by atoms with Crippen molar-refractivity contribution in [2.45, 2.75) is 6.10 Å². The first-order valence-electron chi connectivity index (χ1n) is 6.15. The van der Waals surface area contributed by atoms with Crippen LogP contribution in [0.1, 0.15) is 17.2 Å². The lowest BCUT2D eigenvalue weighted by atomic mass is 9.87. The molecule has 0 N–H and O–H groups in total. The molecule has 0 fully saturated rings. The summed E-state index contributed by atoms with van der Waals surface area (Å²) < 4.78 is 5.76. The van der Waals surface area contributed by atoms with Gasteiger partial charge in [0.25, 0.3) is 0 Å². The second-order valence-corrected chi connectivity index (χ2v) is 4.63. The van der Waals surface area contributed by atoms with Gasteiger partial charge in [-0.05, 0) is 28.0 Å². The Balaban J connectivity index is 2.02. The number of fused-ring (bicyclic) bond motifs is 5. The van der Waals surface area contributed by atoms with Gasteiger partial charge in [0.1, 0.15) is 6.10 Å². The zero-order chi connectivity index (χ0) is 11.9. The maximum atomic E-state index is 5.76. The van der Waals surface area contributed by atoms with Gasteiger partial charge < -0.3 is 4.74 Å². The van der Waals surface area contributed by atoms with E-state index in [1.807, 2.05) is 6.08 Å². The van der Waals surface area contributed by atoms with Crippen LogP contribution < -0.4 is 0 Å². The van der Waals surface area contributed by atoms with Crippen LogP contribution >= 0.6 is 0 Å². The zero-order valence-corrected chi connectivity index (χ0v) is 9.84. The molecule has 0 bridgehead atoms. The van der Waals surface area contributed by atoms with Gasteiger partial charge in [0, 0.05) is 5.56 Å². The molecule has 1 heterocycles. The van der Waals surface area contributed by atoms with Gasteiger partial charge in [-0.3, -0.25) is 0 Å². The van der Waals surface area contributed by atoms with E-state index in [4.69, 9.17) is 4.74 Å². The van der Waals surface area contributed by atoms with E-state index >= 15 is 0 Å². The van der Waals surface area contributed by atoms with Crippen molar-refractivity contribution in [2.24, 2.45) is 0 Å². The lowest BCUT2D eigenvalue weighted by Gasteiger charge is -2.26. The average molecular weight is 232 g/mol. The lowest BCUT2D eigenvalue weighted by Crippen LogP contribution is -2.10. The molecule has 1 unspecified atom stereocenters. The summed E-state index contributed by atoms with van der Waals surface area (Å²) in [7, 11) is 0. The second-order valence-electron chi connectivity index (χ2n) is 4.63. The summed E-state index contributed by atoms with van der Waals surface area (Å²) in [5.41, 5.74) is 3.76. The smallest absolute Gasteiger partial charge is 0.149 e. The molecular formula is C17H12O. The van der Waals surface area contributed by atoms with Crippen molar-refractivity contribution in [3.8, 4) is 0 Å². The van der Waals surface area contributed by atoms with Crippen molar-refractivity contribution in [1.82, 2.24) is 0 Å². The molecule has 86 valence electrons. The minimum Gasteiger partial charge on any atom is -0.489 e. The molecule has 1 heteroatoms. The highest BCUT2D eigenvalue weighted by molar-refractivity contribution is 5.93. The van der Waals surface area contributed by atoms with Crippen LogP contribution in [0.25, 0.3) is 16.8 Å². The molecule has 1 aliphatic heterocycles. The highest BCUT2D eigenvalue weighted by Crippen LogP contribution is 2.39. The minimum atomic E-state index is 0.0552. The van der Waals surface area contributed by atoms with E-state index in [-0.39, 0.29) is 6.10 Å². The van der Waals surface area contributed by atoms with Gasteiger partial charge in [-0.2, -0.15) is 0 Å². The van der Waals surface area contributed by atoms with Crippen LogP contribution in [0.15, 0.2) is 66.5 Å². The van der Waals surface area contributed by atoms with E-state index < -0.39 is 0 Å². The third kappa shape index (κ3) is 1.28. The van der Waals surface area contributed by atoms with Crippen molar-refractivity contribution in [1.29, 1.82) is 0 Å². The van der Waals surface area contributed by atoms with Gasteiger partial charge in [-0.25, -0.2) is 0 Å². The van der Waals surface area contributed by atoms with Crippen LogP contribution in [0.5, 0.6) is 0 Å². The number of allylic oxidation sites excluding steroid dienone is 2. The van der Waals surface area contributed by atoms with E-state index in [1.54, 1.807) is 6.26 Å². The first-order valence-corrected chi connectivity index (χ1v) is 6.15. The number of hydrogen-bond donors (Lipinski definition) is 0. The van der Waals surface area contributed by atoms with Gasteiger partial charge in [0.05, 0.1) is 6.26 Å². The fraction of sp³-hybridized carbons (Fsp3) is 0.0588. The number of hydrogen-bond acceptors (Lipinski definition) is 1. The SMILES string of the molecule is C1=COC2C(=C1)C=Cc1c2ccc2ccccc12. The largest absolute Gasteiger partial charge is 0.489 e. The molecule has 0 saturated carbocycles. The van der Waals surface area contributed by atoms with E-state index in [0.29, 0.717) is 0 Å². The molecule has 2 aromatic rings. The van der Waals surface area contributed by atoms with Crippen molar-refractivity contribution < 1.29 is 4.74 Å². The quantitative estimate of drug-likeness (QED) is 0.655. The molecule has 0 aromatic heterocycles. The van der Waals surface area contributed by atoms with Crippen LogP contribution in [0.2, 0.25) is 0 Å². The molecule has 0 spiro atoms. The summed E-state index contributed by atoms with van der Waals surface area (Å²) >= 11 is 0. The van der Waals surface area contributed by atoms with Crippen LogP contribution in [0, 0.1) is 0 Å². The second kappa shape index (κ2) is 3.61. The number of ether oxygens (including phenoxy) is 1. The van der Waals surface area contributed by atoms with Crippen LogP contribution in [0.4, 0.5) is 0 Å². The third-order valence-electron chi connectivity index (χ3n) is 3.61. The molecule has 0 amide bonds. The maximum absolute atomic E-state index is 5.76. The first-order chi connectivity index (χ1) is 8.93. The first kappa shape index (κ1) is 9.72. The van der Waals surface area contributed by atoms with Crippen molar-refractivity contribution in [3.05, 3.63) is 77.6 Å². The van der Waals surface area contributed by atoms with Crippen molar-refractivity contribution in [2.75, 3.05) is 0 Å². The molecule has 18 heavy (non-hydrogen) atoms. The Labute approximate surface area is 106 Å². The molecule has 4 rings (SSSR count). The van der Waals surface area contributed by atoms with Gasteiger partial charge >= 0.3 is 0 Å². The molecule has 1 atom stereocenters. The Morgan fingerprint density at radius 2 is 1.89 bits per heavy atom. The Bertz CT molecular complexity index is 719. The average Bonchev–Trinajstić information content (AvgIpc) is 2.46. The van der Waals surface area contributed by atoms with Gasteiger partial charge in [0.15, 0.2) is 0 Å². The maximum Gasteiger partial charge on any atom is 0.149 e. The fourth-order valence-corrected chi connectivity index (χ4v) is 2.74. The number of rotatable bonds is 0. The molecule has 1 aliphatic carbocycles. The molecule has 2 aromatic carbocycles. The summed E-state index contributed by atoms with van der Waals surface area (Å²) in [6.45, 7) is 0. The Hall–Kier alpha value is -2.28. The predicted molar refractivity (Wildman–Crippen MR) is 74.0 cm³/mol. The molecule has 1 nitrogen and oxygen atoms in total. The summed E-state index contributed by atoms with van der Waals surface area (Å²) in [5, 5.41) is 2.57. The standard InChI is InChI=1S/C17H12O/c1-2-6-14-12(4-1)7-10-16-15(14)9-8-13-5-3-11-18-17(13)16/h1-11,17H. The third-order valence-corrected chi connectivity index (χ3v) is 3.61. The van der Waals surface area contributed by atoms with E-state index in [9.17, 15) is 0 Å². The van der Waals surface area contributed by atoms with E-state index in [1.165, 1.54) is 27.5 Å². The topological polar surface area (TPSA) is 9.23 Å². The molecular weight excluding hydrogens is 220 g/mol. The minimum absolute atomic E-state index is 0.0552. The van der Waals surface area contributed by atoms with Crippen molar-refractivity contribution >= 4 is 16.8 Å². The summed E-state index contributed by atoms with van der Waals surface area (Å²) in [4.78, 5) is 0. The molecule has 0 radical (unpaired) electrons. The highest BCUT2D eigenvalue weighted by Gasteiger charge is 2.23. The monoisotopic (exact) mass is 232 g/mol. The lowest BCUT2D eigenvalue weighted by molar-refractivity contribution is 0.177. The Morgan fingerprint density at radius 3 is 2.89 bits per heavy atom. The van der Waals surface area contributed by atoms with Gasteiger partial charge in [-0.1, -0.05) is 54.6 Å². The Kier molecular flexibility index (Phi) is 1.95. The molecule has 2 aliphatic rings. The summed E-state index contributed by atoms with van der Waals surface area (Å²) in [6.07, 6.45) is 10.2. The Morgan fingerprint density at radius 1 is 0.944 bits per heavy atom. The van der Waals surface area contributed by atoms with Gasteiger partial charge in [-0.15, -0.1) is 0 Å². The zero-order valence-electron chi connectivity index (χ0n) is 9.84. The predicted octanol–water partition coefficient (Wildman–Crippen LogP) is 4.38. The van der Waals surface area contributed by atoms with Gasteiger partial charge in [0.2, 0.25) is 0 Å².